The molecule has 1 heterocycles. The maximum absolute atomic E-state index is 4.62. The number of benzene rings is 1. The molecule has 2 rings (SSSR count). The van der Waals surface area contributed by atoms with E-state index in [1.54, 1.807) is 0 Å². The Morgan fingerprint density at radius 3 is 2.68 bits per heavy atom. The van der Waals surface area contributed by atoms with Crippen LogP contribution in [0.25, 0.3) is 10.9 Å². The van der Waals surface area contributed by atoms with Crippen LogP contribution in [-0.2, 0) is 0 Å². The van der Waals surface area contributed by atoms with Gasteiger partial charge in [-0.1, -0.05) is 32.0 Å². The molecule has 1 aromatic heterocycles. The van der Waals surface area contributed by atoms with Crippen molar-refractivity contribution in [2.75, 3.05) is 6.54 Å². The highest BCUT2D eigenvalue weighted by Gasteiger charge is 2.16. The fourth-order valence-corrected chi connectivity index (χ4v) is 2.54. The number of aromatic nitrogens is 1. The molecule has 0 spiro atoms. The zero-order chi connectivity index (χ0) is 13.8. The molecule has 2 atom stereocenters. The molecule has 1 N–H and O–H groups in total. The lowest BCUT2D eigenvalue weighted by molar-refractivity contribution is 0.483. The molecular weight excluding hydrogens is 232 g/mol. The third-order valence-corrected chi connectivity index (χ3v) is 3.83. The highest BCUT2D eigenvalue weighted by Crippen LogP contribution is 2.27. The van der Waals surface area contributed by atoms with Crippen LogP contribution in [-0.4, -0.2) is 17.6 Å². The van der Waals surface area contributed by atoms with Crippen molar-refractivity contribution in [1.29, 1.82) is 0 Å². The van der Waals surface area contributed by atoms with Crippen LogP contribution in [0, 0.1) is 6.92 Å². The lowest BCUT2D eigenvalue weighted by Gasteiger charge is -2.23. The van der Waals surface area contributed by atoms with Crippen molar-refractivity contribution >= 4 is 10.9 Å². The molecule has 0 radical (unpaired) electrons. The maximum Gasteiger partial charge on any atom is 0.0708 e. The Bertz CT molecular complexity index is 548. The highest BCUT2D eigenvalue weighted by atomic mass is 14.9. The van der Waals surface area contributed by atoms with Crippen LogP contribution >= 0.6 is 0 Å². The summed E-state index contributed by atoms with van der Waals surface area (Å²) in [6.45, 7) is 9.93. The summed E-state index contributed by atoms with van der Waals surface area (Å²) in [6, 6.07) is 11.1. The Labute approximate surface area is 116 Å². The van der Waals surface area contributed by atoms with Gasteiger partial charge in [0.05, 0.1) is 5.52 Å². The molecule has 2 aromatic rings. The first-order valence-electron chi connectivity index (χ1n) is 7.23. The lowest BCUT2D eigenvalue weighted by Crippen LogP contribution is -2.31. The van der Waals surface area contributed by atoms with Crippen molar-refractivity contribution < 1.29 is 0 Å². The Kier molecular flexibility index (Phi) is 4.54. The molecule has 0 amide bonds. The van der Waals surface area contributed by atoms with E-state index in [1.807, 2.05) is 0 Å². The maximum atomic E-state index is 4.62. The number of para-hydroxylation sites is 1. The van der Waals surface area contributed by atoms with Gasteiger partial charge in [0.15, 0.2) is 0 Å². The summed E-state index contributed by atoms with van der Waals surface area (Å²) in [6.07, 6.45) is 1.17. The predicted octanol–water partition coefficient (Wildman–Crippen LogP) is 4.03. The Hall–Kier alpha value is -1.41. The second-order valence-corrected chi connectivity index (χ2v) is 5.40. The zero-order valence-corrected chi connectivity index (χ0v) is 12.4. The normalized spacial score (nSPS) is 14.5. The molecule has 2 unspecified atom stereocenters. The largest absolute Gasteiger partial charge is 0.314 e. The average Bonchev–Trinajstić information content (AvgIpc) is 2.42. The SMILES string of the molecule is CCCNC(C)C(C)c1cc(C)nc2ccccc12. The number of fused-ring (bicyclic) bond motifs is 1. The molecule has 0 aliphatic heterocycles. The van der Waals surface area contributed by atoms with Gasteiger partial charge in [0.2, 0.25) is 0 Å². The average molecular weight is 256 g/mol. The van der Waals surface area contributed by atoms with Crippen LogP contribution in [0.15, 0.2) is 30.3 Å². The van der Waals surface area contributed by atoms with Gasteiger partial charge in [0, 0.05) is 17.1 Å². The first-order chi connectivity index (χ1) is 9.13. The van der Waals surface area contributed by atoms with Gasteiger partial charge in [-0.2, -0.15) is 0 Å². The number of nitrogens with zero attached hydrogens (tertiary/aromatic N) is 1. The fraction of sp³-hybridized carbons (Fsp3) is 0.471. The second kappa shape index (κ2) is 6.16. The summed E-state index contributed by atoms with van der Waals surface area (Å²) < 4.78 is 0. The number of nitrogens with one attached hydrogen (secondary N) is 1. The van der Waals surface area contributed by atoms with Crippen molar-refractivity contribution in [2.45, 2.75) is 46.1 Å². The third kappa shape index (κ3) is 3.13. The molecule has 1 aromatic carbocycles. The van der Waals surface area contributed by atoms with Crippen molar-refractivity contribution in [1.82, 2.24) is 10.3 Å². The summed E-state index contributed by atoms with van der Waals surface area (Å²) in [4.78, 5) is 4.62. The van der Waals surface area contributed by atoms with E-state index < -0.39 is 0 Å². The number of hydrogen-bond donors (Lipinski definition) is 1. The van der Waals surface area contributed by atoms with Gasteiger partial charge < -0.3 is 5.32 Å². The van der Waals surface area contributed by atoms with Gasteiger partial charge in [0.25, 0.3) is 0 Å². The first kappa shape index (κ1) is 14.0. The molecule has 102 valence electrons. The second-order valence-electron chi connectivity index (χ2n) is 5.40. The number of pyridine rings is 1. The van der Waals surface area contributed by atoms with Crippen LogP contribution in [0.1, 0.15) is 44.4 Å². The van der Waals surface area contributed by atoms with Crippen LogP contribution in [0.2, 0.25) is 0 Å². The summed E-state index contributed by atoms with van der Waals surface area (Å²) in [5, 5.41) is 4.88. The van der Waals surface area contributed by atoms with E-state index in [9.17, 15) is 0 Å². The van der Waals surface area contributed by atoms with Crippen molar-refractivity contribution in [2.24, 2.45) is 0 Å². The van der Waals surface area contributed by atoms with Gasteiger partial charge in [-0.15, -0.1) is 0 Å². The monoisotopic (exact) mass is 256 g/mol. The topological polar surface area (TPSA) is 24.9 Å². The molecule has 0 aliphatic rings. The molecule has 0 saturated carbocycles. The number of aryl methyl sites for hydroxylation is 1. The fourth-order valence-electron chi connectivity index (χ4n) is 2.54. The van der Waals surface area contributed by atoms with Crippen molar-refractivity contribution in [3.63, 3.8) is 0 Å². The molecule has 0 fully saturated rings. The summed E-state index contributed by atoms with van der Waals surface area (Å²) in [7, 11) is 0. The highest BCUT2D eigenvalue weighted by molar-refractivity contribution is 5.82. The van der Waals surface area contributed by atoms with Crippen LogP contribution in [0.3, 0.4) is 0 Å². The summed E-state index contributed by atoms with van der Waals surface area (Å²) >= 11 is 0. The van der Waals surface area contributed by atoms with E-state index in [0.717, 1.165) is 17.8 Å². The van der Waals surface area contributed by atoms with Gasteiger partial charge in [0.1, 0.15) is 0 Å². The molecule has 19 heavy (non-hydrogen) atoms. The van der Waals surface area contributed by atoms with E-state index in [0.29, 0.717) is 12.0 Å². The van der Waals surface area contributed by atoms with Crippen LogP contribution < -0.4 is 5.32 Å². The number of hydrogen-bond acceptors (Lipinski definition) is 2. The molecule has 2 heteroatoms. The minimum absolute atomic E-state index is 0.477. The Balaban J connectivity index is 2.38. The molecule has 2 nitrogen and oxygen atoms in total. The predicted molar refractivity (Wildman–Crippen MR) is 82.7 cm³/mol. The minimum atomic E-state index is 0.477. The van der Waals surface area contributed by atoms with E-state index >= 15 is 0 Å². The molecular formula is C17H24N2. The molecule has 0 bridgehead atoms. The minimum Gasteiger partial charge on any atom is -0.314 e. The molecule has 0 saturated heterocycles. The van der Waals surface area contributed by atoms with Gasteiger partial charge in [-0.05, 0) is 50.4 Å². The molecule has 0 aliphatic carbocycles. The standard InChI is InChI=1S/C17H24N2/c1-5-10-18-14(4)13(3)16-11-12(2)19-17-9-7-6-8-15(16)17/h6-9,11,13-14,18H,5,10H2,1-4H3. The summed E-state index contributed by atoms with van der Waals surface area (Å²) in [5.41, 5.74) is 3.61. The first-order valence-corrected chi connectivity index (χ1v) is 7.23. The Morgan fingerprint density at radius 1 is 1.21 bits per heavy atom. The van der Waals surface area contributed by atoms with Crippen molar-refractivity contribution in [3.8, 4) is 0 Å². The smallest absolute Gasteiger partial charge is 0.0708 e. The third-order valence-electron chi connectivity index (χ3n) is 3.83. The van der Waals surface area contributed by atoms with Crippen LogP contribution in [0.5, 0.6) is 0 Å². The van der Waals surface area contributed by atoms with E-state index in [1.165, 1.54) is 17.4 Å². The summed E-state index contributed by atoms with van der Waals surface area (Å²) in [5.74, 6) is 0.484. The van der Waals surface area contributed by atoms with Gasteiger partial charge >= 0.3 is 0 Å². The van der Waals surface area contributed by atoms with Gasteiger partial charge in [-0.3, -0.25) is 4.98 Å². The van der Waals surface area contributed by atoms with Crippen LogP contribution in [0.4, 0.5) is 0 Å². The van der Waals surface area contributed by atoms with Gasteiger partial charge in [-0.25, -0.2) is 0 Å². The quantitative estimate of drug-likeness (QED) is 0.873. The van der Waals surface area contributed by atoms with E-state index in [4.69, 9.17) is 0 Å². The lowest BCUT2D eigenvalue weighted by atomic mass is 9.91. The van der Waals surface area contributed by atoms with E-state index in [-0.39, 0.29) is 0 Å². The van der Waals surface area contributed by atoms with E-state index in [2.05, 4.69) is 68.3 Å². The number of rotatable bonds is 5. The zero-order valence-electron chi connectivity index (χ0n) is 12.4. The Morgan fingerprint density at radius 2 is 1.95 bits per heavy atom. The van der Waals surface area contributed by atoms with Crippen molar-refractivity contribution in [3.05, 3.63) is 41.6 Å².